The molecule has 1 aliphatic heterocycles. The minimum absolute atomic E-state index is 0.0681. The van der Waals surface area contributed by atoms with Gasteiger partial charge < -0.3 is 16.4 Å². The Balaban J connectivity index is 2.21. The fourth-order valence-corrected chi connectivity index (χ4v) is 1.28. The molecule has 4 heteroatoms. The van der Waals surface area contributed by atoms with Crippen molar-refractivity contribution in [2.75, 3.05) is 26.2 Å². The second kappa shape index (κ2) is 5.78. The van der Waals surface area contributed by atoms with Crippen molar-refractivity contribution in [3.8, 4) is 0 Å². The number of rotatable bonds is 5. The van der Waals surface area contributed by atoms with Gasteiger partial charge in [-0.3, -0.25) is 4.79 Å². The molecule has 0 atom stereocenters. The molecule has 1 aliphatic rings. The Kier molecular flexibility index (Phi) is 4.62. The third kappa shape index (κ3) is 3.12. The van der Waals surface area contributed by atoms with Crippen molar-refractivity contribution in [3.63, 3.8) is 0 Å². The van der Waals surface area contributed by atoms with Gasteiger partial charge >= 0.3 is 0 Å². The van der Waals surface area contributed by atoms with E-state index in [1.807, 2.05) is 6.92 Å². The molecule has 80 valence electrons. The maximum atomic E-state index is 11.5. The van der Waals surface area contributed by atoms with Gasteiger partial charge in [0.25, 0.3) is 0 Å². The maximum absolute atomic E-state index is 11.5. The summed E-state index contributed by atoms with van der Waals surface area (Å²) in [5.74, 6) is 0.0681. The zero-order valence-electron chi connectivity index (χ0n) is 8.73. The molecule has 0 radical (unpaired) electrons. The normalized spacial score (nSPS) is 14.9. The highest BCUT2D eigenvalue weighted by atomic mass is 16.1. The van der Waals surface area contributed by atoms with Crippen LogP contribution in [0.2, 0.25) is 0 Å². The average Bonchev–Trinajstić information content (AvgIpc) is 2.09. The lowest BCUT2D eigenvalue weighted by atomic mass is 10.0. The van der Waals surface area contributed by atoms with Crippen LogP contribution in [0.15, 0.2) is 11.1 Å². The lowest BCUT2D eigenvalue weighted by Gasteiger charge is -2.21. The van der Waals surface area contributed by atoms with Crippen molar-refractivity contribution < 1.29 is 4.79 Å². The van der Waals surface area contributed by atoms with E-state index in [-0.39, 0.29) is 5.91 Å². The SMILES string of the molecule is CC(C(=O)NCCCCN)=C1CNC1. The highest BCUT2D eigenvalue weighted by Crippen LogP contribution is 2.08. The van der Waals surface area contributed by atoms with E-state index in [9.17, 15) is 4.79 Å². The van der Waals surface area contributed by atoms with Crippen molar-refractivity contribution in [2.45, 2.75) is 19.8 Å². The quantitative estimate of drug-likeness (QED) is 0.421. The van der Waals surface area contributed by atoms with Gasteiger partial charge in [-0.25, -0.2) is 0 Å². The van der Waals surface area contributed by atoms with E-state index in [0.717, 1.165) is 38.0 Å². The number of nitrogens with one attached hydrogen (secondary N) is 2. The van der Waals surface area contributed by atoms with Gasteiger partial charge in [-0.15, -0.1) is 0 Å². The van der Waals surface area contributed by atoms with Crippen LogP contribution < -0.4 is 16.4 Å². The summed E-state index contributed by atoms with van der Waals surface area (Å²) in [4.78, 5) is 11.5. The Morgan fingerprint density at radius 2 is 2.21 bits per heavy atom. The van der Waals surface area contributed by atoms with Crippen LogP contribution in [0, 0.1) is 0 Å². The van der Waals surface area contributed by atoms with Crippen LogP contribution in [0.3, 0.4) is 0 Å². The Morgan fingerprint density at radius 1 is 1.50 bits per heavy atom. The molecule has 1 heterocycles. The number of unbranched alkanes of at least 4 members (excludes halogenated alkanes) is 1. The molecule has 4 nitrogen and oxygen atoms in total. The molecule has 4 N–H and O–H groups in total. The number of nitrogens with two attached hydrogens (primary N) is 1. The van der Waals surface area contributed by atoms with E-state index >= 15 is 0 Å². The standard InChI is InChI=1S/C10H19N3O/c1-8(9-6-12-7-9)10(14)13-5-3-2-4-11/h12H,2-7,11H2,1H3,(H,13,14). The van der Waals surface area contributed by atoms with E-state index in [4.69, 9.17) is 5.73 Å². The van der Waals surface area contributed by atoms with E-state index in [1.165, 1.54) is 5.57 Å². The molecule has 0 saturated carbocycles. The second-order valence-corrected chi connectivity index (χ2v) is 3.58. The molecule has 0 aromatic heterocycles. The number of carbonyl (C=O) groups excluding carboxylic acids is 1. The largest absolute Gasteiger partial charge is 0.352 e. The van der Waals surface area contributed by atoms with E-state index < -0.39 is 0 Å². The molecule has 1 amide bonds. The lowest BCUT2D eigenvalue weighted by Crippen LogP contribution is -2.37. The summed E-state index contributed by atoms with van der Waals surface area (Å²) in [6, 6.07) is 0. The highest BCUT2D eigenvalue weighted by Gasteiger charge is 2.15. The van der Waals surface area contributed by atoms with Gasteiger partial charge in [0.15, 0.2) is 0 Å². The summed E-state index contributed by atoms with van der Waals surface area (Å²) in [5.41, 5.74) is 7.45. The van der Waals surface area contributed by atoms with Crippen molar-refractivity contribution in [2.24, 2.45) is 5.73 Å². The van der Waals surface area contributed by atoms with Gasteiger partial charge in [-0.1, -0.05) is 0 Å². The Morgan fingerprint density at radius 3 is 2.71 bits per heavy atom. The summed E-state index contributed by atoms with van der Waals surface area (Å²) in [5, 5.41) is 6.01. The van der Waals surface area contributed by atoms with Crippen molar-refractivity contribution in [1.82, 2.24) is 10.6 Å². The first kappa shape index (κ1) is 11.2. The smallest absolute Gasteiger partial charge is 0.246 e. The minimum atomic E-state index is 0.0681. The molecule has 0 unspecified atom stereocenters. The van der Waals surface area contributed by atoms with E-state index in [0.29, 0.717) is 6.54 Å². The second-order valence-electron chi connectivity index (χ2n) is 3.58. The summed E-state index contributed by atoms with van der Waals surface area (Å²) in [7, 11) is 0. The predicted molar refractivity (Wildman–Crippen MR) is 56.9 cm³/mol. The first-order valence-electron chi connectivity index (χ1n) is 5.13. The fourth-order valence-electron chi connectivity index (χ4n) is 1.28. The Hall–Kier alpha value is -0.870. The fraction of sp³-hybridized carbons (Fsp3) is 0.700. The Bertz CT molecular complexity index is 230. The number of hydrogen-bond donors (Lipinski definition) is 3. The predicted octanol–water partition coefficient (Wildman–Crippen LogP) is -0.239. The first-order valence-corrected chi connectivity index (χ1v) is 5.13. The van der Waals surface area contributed by atoms with Crippen LogP contribution in [0.25, 0.3) is 0 Å². The average molecular weight is 197 g/mol. The van der Waals surface area contributed by atoms with Gasteiger partial charge in [0, 0.05) is 25.2 Å². The molecule has 1 saturated heterocycles. The topological polar surface area (TPSA) is 67.2 Å². The van der Waals surface area contributed by atoms with Crippen molar-refractivity contribution in [3.05, 3.63) is 11.1 Å². The number of hydrogen-bond acceptors (Lipinski definition) is 3. The van der Waals surface area contributed by atoms with Crippen LogP contribution in [-0.4, -0.2) is 32.1 Å². The van der Waals surface area contributed by atoms with E-state index in [1.54, 1.807) is 0 Å². The van der Waals surface area contributed by atoms with Crippen LogP contribution in [-0.2, 0) is 4.79 Å². The van der Waals surface area contributed by atoms with Gasteiger partial charge in [0.1, 0.15) is 0 Å². The molecule has 1 fully saturated rings. The Labute approximate surface area is 84.9 Å². The molecule has 0 bridgehead atoms. The third-order valence-corrected chi connectivity index (χ3v) is 2.46. The van der Waals surface area contributed by atoms with E-state index in [2.05, 4.69) is 10.6 Å². The van der Waals surface area contributed by atoms with Gasteiger partial charge in [0.05, 0.1) is 0 Å². The molecular weight excluding hydrogens is 178 g/mol. The summed E-state index contributed by atoms with van der Waals surface area (Å²) >= 11 is 0. The van der Waals surface area contributed by atoms with Gasteiger partial charge in [-0.05, 0) is 31.9 Å². The van der Waals surface area contributed by atoms with Crippen LogP contribution in [0.4, 0.5) is 0 Å². The zero-order chi connectivity index (χ0) is 10.4. The summed E-state index contributed by atoms with van der Waals surface area (Å²) in [6.45, 7) is 5.03. The number of amides is 1. The molecule has 0 aliphatic carbocycles. The van der Waals surface area contributed by atoms with Crippen molar-refractivity contribution >= 4 is 5.91 Å². The van der Waals surface area contributed by atoms with Crippen molar-refractivity contribution in [1.29, 1.82) is 0 Å². The van der Waals surface area contributed by atoms with Crippen LogP contribution in [0.5, 0.6) is 0 Å². The summed E-state index contributed by atoms with van der Waals surface area (Å²) in [6.07, 6.45) is 1.93. The highest BCUT2D eigenvalue weighted by molar-refractivity contribution is 5.93. The van der Waals surface area contributed by atoms with Gasteiger partial charge in [0.2, 0.25) is 5.91 Å². The minimum Gasteiger partial charge on any atom is -0.352 e. The lowest BCUT2D eigenvalue weighted by molar-refractivity contribution is -0.117. The maximum Gasteiger partial charge on any atom is 0.246 e. The van der Waals surface area contributed by atoms with Crippen LogP contribution in [0.1, 0.15) is 19.8 Å². The number of carbonyl (C=O) groups is 1. The molecule has 1 rings (SSSR count). The summed E-state index contributed by atoms with van der Waals surface area (Å²) < 4.78 is 0. The molecule has 0 spiro atoms. The van der Waals surface area contributed by atoms with Gasteiger partial charge in [-0.2, -0.15) is 0 Å². The molecular formula is C10H19N3O. The first-order chi connectivity index (χ1) is 6.75. The molecule has 0 aromatic carbocycles. The molecule has 14 heavy (non-hydrogen) atoms. The van der Waals surface area contributed by atoms with Crippen LogP contribution >= 0.6 is 0 Å². The molecule has 0 aromatic rings. The monoisotopic (exact) mass is 197 g/mol. The zero-order valence-corrected chi connectivity index (χ0v) is 8.73. The third-order valence-electron chi connectivity index (χ3n) is 2.46.